The Hall–Kier alpha value is -0.0400. The van der Waals surface area contributed by atoms with Crippen LogP contribution >= 0.6 is 0 Å². The van der Waals surface area contributed by atoms with E-state index in [1.807, 2.05) is 0 Å². The predicted octanol–water partition coefficient (Wildman–Crippen LogP) is 5.71. The lowest BCUT2D eigenvalue weighted by Gasteiger charge is -2.14. The number of hydrogen-bond donors (Lipinski definition) is 1. The van der Waals surface area contributed by atoms with Crippen LogP contribution in [0.25, 0.3) is 0 Å². The van der Waals surface area contributed by atoms with Gasteiger partial charge in [0.2, 0.25) is 0 Å². The Kier molecular flexibility index (Phi) is 15.0. The summed E-state index contributed by atoms with van der Waals surface area (Å²) in [6, 6.07) is 0. The maximum Gasteiger partial charge on any atom is 0.0433 e. The van der Waals surface area contributed by atoms with Crippen molar-refractivity contribution in [1.82, 2.24) is 0 Å². The fraction of sp³-hybridized carbons (Fsp3) is 1.00. The Morgan fingerprint density at radius 1 is 0.611 bits per heavy atom. The second-order valence-corrected chi connectivity index (χ2v) is 5.78. The van der Waals surface area contributed by atoms with E-state index < -0.39 is 0 Å². The predicted molar refractivity (Wildman–Crippen MR) is 81.9 cm³/mol. The van der Waals surface area contributed by atoms with Gasteiger partial charge in [0.1, 0.15) is 0 Å². The zero-order valence-electron chi connectivity index (χ0n) is 12.9. The van der Waals surface area contributed by atoms with E-state index in [0.29, 0.717) is 6.61 Å². The molecule has 0 saturated heterocycles. The Morgan fingerprint density at radius 3 is 1.67 bits per heavy atom. The SMILES string of the molecule is CCCCCCCCCCCC(CCC)CCO. The zero-order valence-corrected chi connectivity index (χ0v) is 12.9. The maximum atomic E-state index is 9.01. The van der Waals surface area contributed by atoms with E-state index in [-0.39, 0.29) is 0 Å². The number of aliphatic hydroxyl groups is 1. The van der Waals surface area contributed by atoms with Gasteiger partial charge in [-0.3, -0.25) is 0 Å². The minimum Gasteiger partial charge on any atom is -0.396 e. The van der Waals surface area contributed by atoms with Gasteiger partial charge in [0.25, 0.3) is 0 Å². The first-order valence-corrected chi connectivity index (χ1v) is 8.46. The first-order valence-electron chi connectivity index (χ1n) is 8.46. The lowest BCUT2D eigenvalue weighted by atomic mass is 9.93. The summed E-state index contributed by atoms with van der Waals surface area (Å²) >= 11 is 0. The average molecular weight is 256 g/mol. The van der Waals surface area contributed by atoms with Crippen LogP contribution in [0.5, 0.6) is 0 Å². The normalized spacial score (nSPS) is 12.8. The van der Waals surface area contributed by atoms with Crippen LogP contribution in [0.1, 0.15) is 97.3 Å². The molecular formula is C17H36O. The smallest absolute Gasteiger partial charge is 0.0433 e. The first kappa shape index (κ1) is 18.0. The lowest BCUT2D eigenvalue weighted by Crippen LogP contribution is -2.02. The van der Waals surface area contributed by atoms with Crippen molar-refractivity contribution in [3.05, 3.63) is 0 Å². The quantitative estimate of drug-likeness (QED) is 0.395. The van der Waals surface area contributed by atoms with Crippen molar-refractivity contribution in [1.29, 1.82) is 0 Å². The number of rotatable bonds is 14. The van der Waals surface area contributed by atoms with E-state index in [2.05, 4.69) is 13.8 Å². The zero-order chi connectivity index (χ0) is 13.5. The highest BCUT2D eigenvalue weighted by Gasteiger charge is 2.06. The standard InChI is InChI=1S/C17H36O/c1-3-5-6-7-8-9-10-11-12-14-17(13-4-2)15-16-18/h17-18H,3-16H2,1-2H3. The van der Waals surface area contributed by atoms with Crippen LogP contribution in [-0.4, -0.2) is 11.7 Å². The van der Waals surface area contributed by atoms with Gasteiger partial charge in [0.15, 0.2) is 0 Å². The molecule has 0 aliphatic carbocycles. The van der Waals surface area contributed by atoms with Crippen molar-refractivity contribution in [3.8, 4) is 0 Å². The third-order valence-electron chi connectivity index (χ3n) is 3.95. The summed E-state index contributed by atoms with van der Waals surface area (Å²) in [7, 11) is 0. The second kappa shape index (κ2) is 15.0. The van der Waals surface area contributed by atoms with Gasteiger partial charge < -0.3 is 5.11 Å². The Morgan fingerprint density at radius 2 is 1.17 bits per heavy atom. The topological polar surface area (TPSA) is 20.2 Å². The van der Waals surface area contributed by atoms with Crippen LogP contribution in [0.4, 0.5) is 0 Å². The minimum absolute atomic E-state index is 0.377. The van der Waals surface area contributed by atoms with Gasteiger partial charge in [-0.05, 0) is 12.3 Å². The summed E-state index contributed by atoms with van der Waals surface area (Å²) in [5, 5.41) is 9.01. The van der Waals surface area contributed by atoms with Crippen LogP contribution in [0.2, 0.25) is 0 Å². The molecule has 18 heavy (non-hydrogen) atoms. The average Bonchev–Trinajstić information content (AvgIpc) is 2.37. The van der Waals surface area contributed by atoms with E-state index in [4.69, 9.17) is 5.11 Å². The van der Waals surface area contributed by atoms with Crippen molar-refractivity contribution < 1.29 is 5.11 Å². The molecular weight excluding hydrogens is 220 g/mol. The minimum atomic E-state index is 0.377. The van der Waals surface area contributed by atoms with Gasteiger partial charge in [-0.2, -0.15) is 0 Å². The second-order valence-electron chi connectivity index (χ2n) is 5.78. The molecule has 0 amide bonds. The van der Waals surface area contributed by atoms with E-state index in [0.717, 1.165) is 12.3 Å². The highest BCUT2D eigenvalue weighted by molar-refractivity contribution is 4.59. The molecule has 1 heteroatoms. The molecule has 1 atom stereocenters. The Balaban J connectivity index is 3.21. The molecule has 0 spiro atoms. The van der Waals surface area contributed by atoms with E-state index >= 15 is 0 Å². The van der Waals surface area contributed by atoms with Crippen molar-refractivity contribution in [3.63, 3.8) is 0 Å². The summed E-state index contributed by atoms with van der Waals surface area (Å²) in [5.41, 5.74) is 0. The van der Waals surface area contributed by atoms with Crippen LogP contribution in [-0.2, 0) is 0 Å². The molecule has 0 fully saturated rings. The van der Waals surface area contributed by atoms with Crippen molar-refractivity contribution in [2.75, 3.05) is 6.61 Å². The fourth-order valence-corrected chi connectivity index (χ4v) is 2.77. The number of hydrogen-bond acceptors (Lipinski definition) is 1. The lowest BCUT2D eigenvalue weighted by molar-refractivity contribution is 0.243. The van der Waals surface area contributed by atoms with Crippen LogP contribution in [0.15, 0.2) is 0 Å². The van der Waals surface area contributed by atoms with E-state index in [9.17, 15) is 0 Å². The molecule has 0 saturated carbocycles. The van der Waals surface area contributed by atoms with E-state index in [1.54, 1.807) is 0 Å². The van der Waals surface area contributed by atoms with Gasteiger partial charge in [-0.15, -0.1) is 0 Å². The molecule has 0 bridgehead atoms. The maximum absolute atomic E-state index is 9.01. The molecule has 0 aliphatic heterocycles. The first-order chi connectivity index (χ1) is 8.85. The van der Waals surface area contributed by atoms with Gasteiger partial charge in [0.05, 0.1) is 0 Å². The highest BCUT2D eigenvalue weighted by atomic mass is 16.3. The molecule has 1 unspecified atom stereocenters. The molecule has 1 nitrogen and oxygen atoms in total. The molecule has 0 aromatic heterocycles. The molecule has 1 N–H and O–H groups in total. The third-order valence-corrected chi connectivity index (χ3v) is 3.95. The van der Waals surface area contributed by atoms with Crippen LogP contribution in [0, 0.1) is 5.92 Å². The summed E-state index contributed by atoms with van der Waals surface area (Å²) in [6.45, 7) is 4.90. The van der Waals surface area contributed by atoms with Crippen LogP contribution < -0.4 is 0 Å². The Bertz CT molecular complexity index is 139. The van der Waals surface area contributed by atoms with Crippen LogP contribution in [0.3, 0.4) is 0 Å². The Labute approximate surface area is 115 Å². The van der Waals surface area contributed by atoms with Gasteiger partial charge >= 0.3 is 0 Å². The highest BCUT2D eigenvalue weighted by Crippen LogP contribution is 2.19. The molecule has 0 rings (SSSR count). The summed E-state index contributed by atoms with van der Waals surface area (Å²) in [4.78, 5) is 0. The molecule has 0 heterocycles. The van der Waals surface area contributed by atoms with E-state index in [1.165, 1.54) is 77.0 Å². The largest absolute Gasteiger partial charge is 0.396 e. The summed E-state index contributed by atoms with van der Waals surface area (Å²) in [5.74, 6) is 0.782. The fourth-order valence-electron chi connectivity index (χ4n) is 2.77. The van der Waals surface area contributed by atoms with Crippen molar-refractivity contribution in [2.45, 2.75) is 97.3 Å². The monoisotopic (exact) mass is 256 g/mol. The van der Waals surface area contributed by atoms with Gasteiger partial charge in [-0.25, -0.2) is 0 Å². The molecule has 0 aliphatic rings. The van der Waals surface area contributed by atoms with Gasteiger partial charge in [0, 0.05) is 6.61 Å². The number of aliphatic hydroxyl groups excluding tert-OH is 1. The van der Waals surface area contributed by atoms with Gasteiger partial charge in [-0.1, -0.05) is 90.9 Å². The molecule has 110 valence electrons. The molecule has 0 aromatic carbocycles. The third kappa shape index (κ3) is 12.4. The number of unbranched alkanes of at least 4 members (excludes halogenated alkanes) is 8. The van der Waals surface area contributed by atoms with Crippen molar-refractivity contribution >= 4 is 0 Å². The van der Waals surface area contributed by atoms with Crippen molar-refractivity contribution in [2.24, 2.45) is 5.92 Å². The summed E-state index contributed by atoms with van der Waals surface area (Å²) in [6.07, 6.45) is 17.6. The molecule has 0 radical (unpaired) electrons. The molecule has 0 aromatic rings. The summed E-state index contributed by atoms with van der Waals surface area (Å²) < 4.78 is 0.